The molecule has 2 aliphatic rings. The van der Waals surface area contributed by atoms with Crippen LogP contribution < -0.4 is 10.1 Å². The first-order chi connectivity index (χ1) is 10.3. The van der Waals surface area contributed by atoms with Gasteiger partial charge in [0.05, 0.1) is 22.6 Å². The fraction of sp³-hybridized carbons (Fsp3) is 0.400. The van der Waals surface area contributed by atoms with E-state index >= 15 is 0 Å². The van der Waals surface area contributed by atoms with Crippen LogP contribution in [0, 0.1) is 0 Å². The van der Waals surface area contributed by atoms with Gasteiger partial charge in [-0.25, -0.2) is 8.42 Å². The minimum Gasteiger partial charge on any atom is -0.488 e. The molecule has 1 atom stereocenters. The van der Waals surface area contributed by atoms with Gasteiger partial charge in [-0.05, 0) is 37.6 Å². The zero-order chi connectivity index (χ0) is 16.0. The first kappa shape index (κ1) is 15.6. The van der Waals surface area contributed by atoms with E-state index in [1.807, 2.05) is 18.2 Å². The summed E-state index contributed by atoms with van der Waals surface area (Å²) < 4.78 is 29.7. The number of carbonyl (C=O) groups excluding carboxylic acids is 1. The van der Waals surface area contributed by atoms with Crippen molar-refractivity contribution in [3.8, 4) is 5.75 Å². The number of hydrogen-bond acceptors (Lipinski definition) is 4. The summed E-state index contributed by atoms with van der Waals surface area (Å²) in [6.07, 6.45) is 2.23. The first-order valence-corrected chi connectivity index (χ1v) is 9.54. The van der Waals surface area contributed by atoms with Gasteiger partial charge in [-0.2, -0.15) is 0 Å². The summed E-state index contributed by atoms with van der Waals surface area (Å²) in [4.78, 5) is 12.4. The first-order valence-electron chi connectivity index (χ1n) is 6.92. The zero-order valence-electron chi connectivity index (χ0n) is 12.1. The lowest BCUT2D eigenvalue weighted by molar-refractivity contribution is -0.119. The lowest BCUT2D eigenvalue weighted by atomic mass is 10.0. The summed E-state index contributed by atoms with van der Waals surface area (Å²) in [5, 5.41) is 2.85. The summed E-state index contributed by atoms with van der Waals surface area (Å²) in [5.74, 6) is 0.566. The summed E-state index contributed by atoms with van der Waals surface area (Å²) in [5.41, 5.74) is 0.625. The highest BCUT2D eigenvalue weighted by Crippen LogP contribution is 2.30. The maximum absolute atomic E-state index is 12.4. The monoisotopic (exact) mass is 385 g/mol. The Morgan fingerprint density at radius 1 is 1.41 bits per heavy atom. The van der Waals surface area contributed by atoms with Crippen LogP contribution in [-0.2, 0) is 14.6 Å². The van der Waals surface area contributed by atoms with Gasteiger partial charge >= 0.3 is 0 Å². The molecule has 1 N–H and O–H groups in total. The van der Waals surface area contributed by atoms with Gasteiger partial charge < -0.3 is 10.1 Å². The van der Waals surface area contributed by atoms with E-state index in [0.29, 0.717) is 12.0 Å². The molecule has 1 amide bonds. The number of benzene rings is 1. The molecule has 0 bridgehead atoms. The normalized spacial score (nSPS) is 25.8. The Morgan fingerprint density at radius 3 is 2.86 bits per heavy atom. The maximum Gasteiger partial charge on any atom is 0.251 e. The van der Waals surface area contributed by atoms with E-state index in [1.54, 1.807) is 13.0 Å². The maximum atomic E-state index is 12.4. The molecule has 1 aromatic carbocycles. The molecule has 118 valence electrons. The second kappa shape index (κ2) is 5.38. The van der Waals surface area contributed by atoms with Gasteiger partial charge in [-0.15, -0.1) is 0 Å². The molecule has 7 heteroatoms. The number of nitrogens with one attached hydrogen (secondary N) is 1. The van der Waals surface area contributed by atoms with E-state index in [9.17, 15) is 13.2 Å². The van der Waals surface area contributed by atoms with Crippen molar-refractivity contribution in [1.29, 1.82) is 0 Å². The molecule has 3 rings (SSSR count). The number of sulfone groups is 1. The van der Waals surface area contributed by atoms with Crippen LogP contribution in [0.1, 0.15) is 18.9 Å². The number of hydrogen-bond donors (Lipinski definition) is 1. The van der Waals surface area contributed by atoms with Crippen molar-refractivity contribution in [1.82, 2.24) is 5.32 Å². The highest BCUT2D eigenvalue weighted by Gasteiger charge is 2.40. The molecule has 2 aliphatic heterocycles. The van der Waals surface area contributed by atoms with Crippen molar-refractivity contribution in [2.24, 2.45) is 0 Å². The molecule has 22 heavy (non-hydrogen) atoms. The van der Waals surface area contributed by atoms with E-state index in [1.165, 1.54) is 0 Å². The number of ether oxygens (including phenoxy) is 1. The fourth-order valence-corrected chi connectivity index (χ4v) is 5.21. The van der Waals surface area contributed by atoms with Crippen molar-refractivity contribution < 1.29 is 17.9 Å². The Bertz CT molecular complexity index is 772. The average Bonchev–Trinajstić information content (AvgIpc) is 2.71. The zero-order valence-corrected chi connectivity index (χ0v) is 14.5. The van der Waals surface area contributed by atoms with Crippen molar-refractivity contribution >= 4 is 37.8 Å². The van der Waals surface area contributed by atoms with Gasteiger partial charge in [0.1, 0.15) is 12.4 Å². The quantitative estimate of drug-likeness (QED) is 0.843. The lowest BCUT2D eigenvalue weighted by Gasteiger charge is -2.26. The predicted molar refractivity (Wildman–Crippen MR) is 87.4 cm³/mol. The topological polar surface area (TPSA) is 72.5 Å². The van der Waals surface area contributed by atoms with E-state index in [0.717, 1.165) is 15.8 Å². The third kappa shape index (κ3) is 3.20. The van der Waals surface area contributed by atoms with Crippen LogP contribution in [0.4, 0.5) is 0 Å². The number of halogens is 1. The number of carbonyl (C=O) groups is 1. The third-order valence-corrected chi connectivity index (χ3v) is 6.29. The largest absolute Gasteiger partial charge is 0.488 e. The van der Waals surface area contributed by atoms with Crippen molar-refractivity contribution in [3.05, 3.63) is 33.8 Å². The SMILES string of the molecule is CC1(NC(=O)C2=Cc3cc(Br)ccc3OC2)CCS(=O)(=O)C1. The molecule has 0 radical (unpaired) electrons. The third-order valence-electron chi connectivity index (χ3n) is 3.90. The Hall–Kier alpha value is -1.34. The van der Waals surface area contributed by atoms with E-state index in [-0.39, 0.29) is 24.0 Å². The number of amides is 1. The van der Waals surface area contributed by atoms with Gasteiger partial charge in [-0.1, -0.05) is 15.9 Å². The molecule has 1 aromatic rings. The van der Waals surface area contributed by atoms with Crippen LogP contribution in [-0.4, -0.2) is 38.0 Å². The molecular weight excluding hydrogens is 370 g/mol. The highest BCUT2D eigenvalue weighted by molar-refractivity contribution is 9.10. The summed E-state index contributed by atoms with van der Waals surface area (Å²) in [7, 11) is -3.06. The Morgan fingerprint density at radius 2 is 2.18 bits per heavy atom. The molecule has 0 aliphatic carbocycles. The van der Waals surface area contributed by atoms with Crippen molar-refractivity contribution in [2.75, 3.05) is 18.1 Å². The number of fused-ring (bicyclic) bond motifs is 1. The minimum atomic E-state index is -3.06. The summed E-state index contributed by atoms with van der Waals surface area (Å²) >= 11 is 3.39. The Labute approximate surface area is 137 Å². The second-order valence-corrected chi connectivity index (χ2v) is 9.10. The Kier molecular flexibility index (Phi) is 3.81. The van der Waals surface area contributed by atoms with Crippen molar-refractivity contribution in [2.45, 2.75) is 18.9 Å². The summed E-state index contributed by atoms with van der Waals surface area (Å²) in [6, 6.07) is 5.60. The van der Waals surface area contributed by atoms with Gasteiger partial charge in [0, 0.05) is 10.0 Å². The van der Waals surface area contributed by atoms with Gasteiger partial charge in [-0.3, -0.25) is 4.79 Å². The van der Waals surface area contributed by atoms with E-state index in [2.05, 4.69) is 21.2 Å². The lowest BCUT2D eigenvalue weighted by Crippen LogP contribution is -2.48. The van der Waals surface area contributed by atoms with Gasteiger partial charge in [0.15, 0.2) is 9.84 Å². The number of rotatable bonds is 2. The highest BCUT2D eigenvalue weighted by atomic mass is 79.9. The second-order valence-electron chi connectivity index (χ2n) is 6.00. The predicted octanol–water partition coefficient (Wildman–Crippen LogP) is 1.92. The summed E-state index contributed by atoms with van der Waals surface area (Å²) in [6.45, 7) is 1.95. The van der Waals surface area contributed by atoms with Crippen LogP contribution >= 0.6 is 15.9 Å². The van der Waals surface area contributed by atoms with Crippen LogP contribution in [0.2, 0.25) is 0 Å². The fourth-order valence-electron chi connectivity index (χ4n) is 2.74. The van der Waals surface area contributed by atoms with Crippen LogP contribution in [0.25, 0.3) is 6.08 Å². The standard InChI is InChI=1S/C15H16BrNO4S/c1-15(4-5-22(19,20)9-15)17-14(18)11-6-10-7-12(16)2-3-13(10)21-8-11/h2-3,6-7H,4-5,8-9H2,1H3,(H,17,18). The molecule has 0 aromatic heterocycles. The van der Waals surface area contributed by atoms with E-state index in [4.69, 9.17) is 4.74 Å². The van der Waals surface area contributed by atoms with Crippen LogP contribution in [0.5, 0.6) is 5.75 Å². The van der Waals surface area contributed by atoms with E-state index < -0.39 is 15.4 Å². The van der Waals surface area contributed by atoms with Gasteiger partial charge in [0.25, 0.3) is 5.91 Å². The molecule has 0 spiro atoms. The molecule has 1 unspecified atom stereocenters. The molecule has 2 heterocycles. The molecular formula is C15H16BrNO4S. The van der Waals surface area contributed by atoms with Gasteiger partial charge in [0.2, 0.25) is 0 Å². The smallest absolute Gasteiger partial charge is 0.251 e. The molecule has 1 fully saturated rings. The van der Waals surface area contributed by atoms with Crippen LogP contribution in [0.3, 0.4) is 0 Å². The molecule has 5 nitrogen and oxygen atoms in total. The Balaban J connectivity index is 1.79. The molecule has 0 saturated carbocycles. The average molecular weight is 386 g/mol. The van der Waals surface area contributed by atoms with Crippen molar-refractivity contribution in [3.63, 3.8) is 0 Å². The minimum absolute atomic E-state index is 0.0119. The van der Waals surface area contributed by atoms with Crippen LogP contribution in [0.15, 0.2) is 28.2 Å². The molecule has 1 saturated heterocycles.